The van der Waals surface area contributed by atoms with Gasteiger partial charge in [-0.25, -0.2) is 4.79 Å². The van der Waals surface area contributed by atoms with Crippen molar-refractivity contribution in [1.82, 2.24) is 0 Å². The maximum Gasteiger partial charge on any atom is 0.411 e. The summed E-state index contributed by atoms with van der Waals surface area (Å²) in [6.45, 7) is 0. The summed E-state index contributed by atoms with van der Waals surface area (Å²) in [7, 11) is 1.30. The molecule has 5 heteroatoms. The number of anilines is 1. The van der Waals surface area contributed by atoms with E-state index in [0.29, 0.717) is 17.7 Å². The van der Waals surface area contributed by atoms with Crippen LogP contribution in [-0.4, -0.2) is 19.5 Å². The Labute approximate surface area is 103 Å². The van der Waals surface area contributed by atoms with Crippen molar-refractivity contribution in [1.29, 1.82) is 0 Å². The molecule has 0 saturated heterocycles. The van der Waals surface area contributed by atoms with Crippen LogP contribution in [0, 0.1) is 0 Å². The first-order chi connectivity index (χ1) is 8.72. The molecule has 0 atom stereocenters. The van der Waals surface area contributed by atoms with Gasteiger partial charge >= 0.3 is 6.09 Å². The predicted molar refractivity (Wildman–Crippen MR) is 65.6 cm³/mol. The standard InChI is InChI=1S/C13H11NO4/c1-17-13(16)14-10-4-2-9(3-5-10)12-7-6-11(8-15)18-12/h2-8H,1H3,(H,14,16). The number of hydrogen-bond acceptors (Lipinski definition) is 4. The van der Waals surface area contributed by atoms with Gasteiger partial charge in [0.1, 0.15) is 5.76 Å². The number of rotatable bonds is 3. The molecule has 1 aromatic heterocycles. The van der Waals surface area contributed by atoms with Crippen LogP contribution < -0.4 is 5.32 Å². The predicted octanol–water partition coefficient (Wildman–Crippen LogP) is 2.94. The third kappa shape index (κ3) is 2.57. The Kier molecular flexibility index (Phi) is 3.43. The lowest BCUT2D eigenvalue weighted by molar-refractivity contribution is 0.110. The van der Waals surface area contributed by atoms with Crippen molar-refractivity contribution in [3.63, 3.8) is 0 Å². The van der Waals surface area contributed by atoms with Gasteiger partial charge in [-0.1, -0.05) is 0 Å². The second-order valence-corrected chi connectivity index (χ2v) is 3.51. The second-order valence-electron chi connectivity index (χ2n) is 3.51. The Hall–Kier alpha value is -2.56. The minimum Gasteiger partial charge on any atom is -0.453 e. The van der Waals surface area contributed by atoms with Crippen molar-refractivity contribution < 1.29 is 18.7 Å². The topological polar surface area (TPSA) is 68.5 Å². The molecule has 2 rings (SSSR count). The molecule has 2 aromatic rings. The van der Waals surface area contributed by atoms with E-state index in [9.17, 15) is 9.59 Å². The molecule has 0 fully saturated rings. The molecule has 1 aromatic carbocycles. The van der Waals surface area contributed by atoms with Gasteiger partial charge in [0.05, 0.1) is 7.11 Å². The van der Waals surface area contributed by atoms with Gasteiger partial charge < -0.3 is 9.15 Å². The number of amides is 1. The lowest BCUT2D eigenvalue weighted by atomic mass is 10.1. The van der Waals surface area contributed by atoms with Crippen LogP contribution in [-0.2, 0) is 4.74 Å². The summed E-state index contributed by atoms with van der Waals surface area (Å²) in [6.07, 6.45) is 0.125. The highest BCUT2D eigenvalue weighted by molar-refractivity contribution is 5.84. The van der Waals surface area contributed by atoms with Crippen LogP contribution in [0.25, 0.3) is 11.3 Å². The fourth-order valence-corrected chi connectivity index (χ4v) is 1.46. The third-order valence-corrected chi connectivity index (χ3v) is 2.34. The lowest BCUT2D eigenvalue weighted by Gasteiger charge is -2.03. The zero-order chi connectivity index (χ0) is 13.0. The van der Waals surface area contributed by atoms with Gasteiger partial charge in [-0.2, -0.15) is 0 Å². The van der Waals surface area contributed by atoms with Gasteiger partial charge in [0.25, 0.3) is 0 Å². The highest BCUT2D eigenvalue weighted by Gasteiger charge is 2.05. The monoisotopic (exact) mass is 245 g/mol. The first-order valence-corrected chi connectivity index (χ1v) is 5.23. The summed E-state index contributed by atoms with van der Waals surface area (Å²) in [4.78, 5) is 21.5. The van der Waals surface area contributed by atoms with Crippen molar-refractivity contribution >= 4 is 18.1 Å². The van der Waals surface area contributed by atoms with Crippen molar-refractivity contribution in [3.05, 3.63) is 42.2 Å². The van der Waals surface area contributed by atoms with Gasteiger partial charge in [-0.15, -0.1) is 0 Å². The van der Waals surface area contributed by atoms with Gasteiger partial charge in [-0.3, -0.25) is 10.1 Å². The van der Waals surface area contributed by atoms with Crippen LogP contribution in [0.15, 0.2) is 40.8 Å². The highest BCUT2D eigenvalue weighted by atomic mass is 16.5. The van der Waals surface area contributed by atoms with E-state index < -0.39 is 6.09 Å². The van der Waals surface area contributed by atoms with Crippen molar-refractivity contribution in [2.75, 3.05) is 12.4 Å². The van der Waals surface area contributed by atoms with E-state index >= 15 is 0 Å². The molecule has 1 heterocycles. The van der Waals surface area contributed by atoms with Crippen molar-refractivity contribution in [2.45, 2.75) is 0 Å². The minimum absolute atomic E-state index is 0.279. The molecule has 0 aliphatic rings. The molecule has 92 valence electrons. The highest BCUT2D eigenvalue weighted by Crippen LogP contribution is 2.23. The Morgan fingerprint density at radius 3 is 2.50 bits per heavy atom. The lowest BCUT2D eigenvalue weighted by Crippen LogP contribution is -2.10. The van der Waals surface area contributed by atoms with E-state index in [0.717, 1.165) is 5.56 Å². The Morgan fingerprint density at radius 2 is 1.94 bits per heavy atom. The van der Waals surface area contributed by atoms with Crippen LogP contribution in [0.5, 0.6) is 0 Å². The second kappa shape index (κ2) is 5.18. The summed E-state index contributed by atoms with van der Waals surface area (Å²) in [5.74, 6) is 0.878. The SMILES string of the molecule is COC(=O)Nc1ccc(-c2ccc(C=O)o2)cc1. The summed E-state index contributed by atoms with van der Waals surface area (Å²) >= 11 is 0. The molecule has 0 radical (unpaired) electrons. The molecule has 0 aliphatic heterocycles. The summed E-state index contributed by atoms with van der Waals surface area (Å²) in [6, 6.07) is 10.3. The van der Waals surface area contributed by atoms with E-state index in [1.165, 1.54) is 7.11 Å². The number of methoxy groups -OCH3 is 1. The number of hydrogen-bond donors (Lipinski definition) is 1. The number of carbonyl (C=O) groups excluding carboxylic acids is 2. The molecule has 18 heavy (non-hydrogen) atoms. The Morgan fingerprint density at radius 1 is 1.22 bits per heavy atom. The number of ether oxygens (including phenoxy) is 1. The normalized spacial score (nSPS) is 9.83. The number of benzene rings is 1. The largest absolute Gasteiger partial charge is 0.453 e. The van der Waals surface area contributed by atoms with Gasteiger partial charge in [0, 0.05) is 11.3 Å². The fraction of sp³-hybridized carbons (Fsp3) is 0.0769. The molecule has 0 spiro atoms. The molecule has 0 aliphatic carbocycles. The van der Waals surface area contributed by atoms with Gasteiger partial charge in [0.2, 0.25) is 0 Å². The first kappa shape index (κ1) is 11.9. The number of nitrogens with one attached hydrogen (secondary N) is 1. The quantitative estimate of drug-likeness (QED) is 0.844. The van der Waals surface area contributed by atoms with Crippen LogP contribution in [0.1, 0.15) is 10.6 Å². The fourth-order valence-electron chi connectivity index (χ4n) is 1.46. The van der Waals surface area contributed by atoms with E-state index in [2.05, 4.69) is 10.1 Å². The zero-order valence-corrected chi connectivity index (χ0v) is 9.67. The van der Waals surface area contributed by atoms with Gasteiger partial charge in [-0.05, 0) is 36.4 Å². The smallest absolute Gasteiger partial charge is 0.411 e. The molecule has 0 saturated carbocycles. The molecular formula is C13H11NO4. The zero-order valence-electron chi connectivity index (χ0n) is 9.67. The maximum atomic E-state index is 11.0. The van der Waals surface area contributed by atoms with Gasteiger partial charge in [0.15, 0.2) is 12.0 Å². The van der Waals surface area contributed by atoms with E-state index in [1.54, 1.807) is 36.4 Å². The van der Waals surface area contributed by atoms with Crippen molar-refractivity contribution in [3.8, 4) is 11.3 Å². The van der Waals surface area contributed by atoms with E-state index in [-0.39, 0.29) is 5.76 Å². The molecule has 1 amide bonds. The van der Waals surface area contributed by atoms with E-state index in [1.807, 2.05) is 0 Å². The Bertz CT molecular complexity index is 557. The molecule has 5 nitrogen and oxygen atoms in total. The molecule has 0 bridgehead atoms. The summed E-state index contributed by atoms with van der Waals surface area (Å²) in [5.41, 5.74) is 1.44. The van der Waals surface area contributed by atoms with Crippen LogP contribution in [0.2, 0.25) is 0 Å². The number of carbonyl (C=O) groups is 2. The summed E-state index contributed by atoms with van der Waals surface area (Å²) < 4.78 is 9.76. The number of furan rings is 1. The van der Waals surface area contributed by atoms with Crippen LogP contribution >= 0.6 is 0 Å². The average Bonchev–Trinajstić information content (AvgIpc) is 2.88. The first-order valence-electron chi connectivity index (χ1n) is 5.23. The minimum atomic E-state index is -0.524. The number of aldehydes is 1. The maximum absolute atomic E-state index is 11.0. The summed E-state index contributed by atoms with van der Waals surface area (Å²) in [5, 5.41) is 2.54. The van der Waals surface area contributed by atoms with Crippen molar-refractivity contribution in [2.24, 2.45) is 0 Å². The molecular weight excluding hydrogens is 234 g/mol. The Balaban J connectivity index is 2.16. The molecule has 1 N–H and O–H groups in total. The third-order valence-electron chi connectivity index (χ3n) is 2.34. The van der Waals surface area contributed by atoms with E-state index in [4.69, 9.17) is 4.42 Å². The molecule has 0 unspecified atom stereocenters. The average molecular weight is 245 g/mol. The van der Waals surface area contributed by atoms with Crippen LogP contribution in [0.4, 0.5) is 10.5 Å². The van der Waals surface area contributed by atoms with Crippen LogP contribution in [0.3, 0.4) is 0 Å².